The molecule has 1 saturated carbocycles. The van der Waals surface area contributed by atoms with Gasteiger partial charge in [0, 0.05) is 32.1 Å². The fourth-order valence-electron chi connectivity index (χ4n) is 3.89. The third kappa shape index (κ3) is 4.91. The van der Waals surface area contributed by atoms with E-state index in [9.17, 15) is 0 Å². The molecule has 2 aliphatic rings. The molecular formula is C22H33N5S. The molecule has 0 atom stereocenters. The highest BCUT2D eigenvalue weighted by Crippen LogP contribution is 2.39. The molecule has 2 fully saturated rings. The number of piperazine rings is 1. The van der Waals surface area contributed by atoms with Gasteiger partial charge in [-0.3, -0.25) is 9.47 Å². The summed E-state index contributed by atoms with van der Waals surface area (Å²) in [5.74, 6) is 2.56. The Bertz CT molecular complexity index is 813. The molecule has 4 rings (SSSR count). The Labute approximate surface area is 174 Å². The van der Waals surface area contributed by atoms with Gasteiger partial charge in [0.15, 0.2) is 4.77 Å². The molecule has 0 bridgehead atoms. The minimum atomic E-state index is 0.597. The molecule has 1 saturated heterocycles. The van der Waals surface area contributed by atoms with Crippen LogP contribution in [0.1, 0.15) is 50.4 Å². The van der Waals surface area contributed by atoms with E-state index in [-0.39, 0.29) is 0 Å². The zero-order valence-electron chi connectivity index (χ0n) is 17.3. The zero-order valence-corrected chi connectivity index (χ0v) is 18.1. The van der Waals surface area contributed by atoms with E-state index in [2.05, 4.69) is 63.2 Å². The highest BCUT2D eigenvalue weighted by atomic mass is 32.1. The second-order valence-corrected chi connectivity index (χ2v) is 9.14. The number of benzene rings is 1. The lowest BCUT2D eigenvalue weighted by atomic mass is 10.1. The second-order valence-electron chi connectivity index (χ2n) is 8.77. The van der Waals surface area contributed by atoms with Gasteiger partial charge < -0.3 is 4.90 Å². The van der Waals surface area contributed by atoms with E-state index in [1.807, 2.05) is 0 Å². The fraction of sp³-hybridized carbons (Fsp3) is 0.636. The molecule has 2 aromatic rings. The third-order valence-corrected chi connectivity index (χ3v) is 6.33. The predicted molar refractivity (Wildman–Crippen MR) is 116 cm³/mol. The van der Waals surface area contributed by atoms with Crippen molar-refractivity contribution in [3.05, 3.63) is 46.5 Å². The van der Waals surface area contributed by atoms with E-state index >= 15 is 0 Å². The molecule has 28 heavy (non-hydrogen) atoms. The van der Waals surface area contributed by atoms with E-state index < -0.39 is 0 Å². The largest absolute Gasteiger partial charge is 0.301 e. The summed E-state index contributed by atoms with van der Waals surface area (Å²) in [7, 11) is 0. The van der Waals surface area contributed by atoms with Crippen molar-refractivity contribution >= 4 is 12.2 Å². The van der Waals surface area contributed by atoms with Crippen LogP contribution in [0.3, 0.4) is 0 Å². The van der Waals surface area contributed by atoms with Crippen LogP contribution in [0.5, 0.6) is 0 Å². The van der Waals surface area contributed by atoms with Crippen molar-refractivity contribution in [3.63, 3.8) is 0 Å². The number of nitrogens with zero attached hydrogens (tertiary/aromatic N) is 5. The van der Waals surface area contributed by atoms with E-state index in [1.54, 1.807) is 0 Å². The summed E-state index contributed by atoms with van der Waals surface area (Å²) in [6.07, 6.45) is 3.78. The Hall–Kier alpha value is -1.50. The van der Waals surface area contributed by atoms with Crippen molar-refractivity contribution < 1.29 is 0 Å². The normalized spacial score (nSPS) is 18.8. The SMILES string of the molecule is CC(C)CCN1CCN(Cn2nc(C3CC3)n(Cc3ccccc3)c2=S)CC1. The summed E-state index contributed by atoms with van der Waals surface area (Å²) in [4.78, 5) is 5.09. The Balaban J connectivity index is 1.41. The Morgan fingerprint density at radius 3 is 2.36 bits per heavy atom. The fourth-order valence-corrected chi connectivity index (χ4v) is 4.15. The molecule has 2 heterocycles. The molecule has 1 aliphatic heterocycles. The summed E-state index contributed by atoms with van der Waals surface area (Å²) in [6, 6.07) is 10.6. The van der Waals surface area contributed by atoms with Gasteiger partial charge in [-0.25, -0.2) is 4.68 Å². The molecular weight excluding hydrogens is 366 g/mol. The van der Waals surface area contributed by atoms with Crippen molar-refractivity contribution in [2.45, 2.75) is 52.2 Å². The maximum Gasteiger partial charge on any atom is 0.199 e. The van der Waals surface area contributed by atoms with Crippen molar-refractivity contribution in [2.24, 2.45) is 5.92 Å². The lowest BCUT2D eigenvalue weighted by Crippen LogP contribution is -2.47. The van der Waals surface area contributed by atoms with Gasteiger partial charge in [-0.1, -0.05) is 44.2 Å². The molecule has 0 N–H and O–H groups in total. The first kappa shape index (κ1) is 19.8. The third-order valence-electron chi connectivity index (χ3n) is 5.90. The van der Waals surface area contributed by atoms with Crippen LogP contribution in [0.4, 0.5) is 0 Å². The Morgan fingerprint density at radius 1 is 1.04 bits per heavy atom. The molecule has 6 heteroatoms. The van der Waals surface area contributed by atoms with Gasteiger partial charge in [-0.05, 0) is 49.5 Å². The minimum absolute atomic E-state index is 0.597. The van der Waals surface area contributed by atoms with E-state index in [1.165, 1.54) is 37.2 Å². The summed E-state index contributed by atoms with van der Waals surface area (Å²) in [5.41, 5.74) is 1.29. The molecule has 1 aromatic carbocycles. The van der Waals surface area contributed by atoms with Crippen molar-refractivity contribution in [3.8, 4) is 0 Å². The second kappa shape index (κ2) is 8.89. The van der Waals surface area contributed by atoms with Gasteiger partial charge in [0.25, 0.3) is 0 Å². The number of rotatable bonds is 8. The van der Waals surface area contributed by atoms with Crippen LogP contribution in [0.25, 0.3) is 0 Å². The summed E-state index contributed by atoms with van der Waals surface area (Å²) in [6.45, 7) is 12.0. The zero-order chi connectivity index (χ0) is 19.5. The number of hydrogen-bond acceptors (Lipinski definition) is 4. The lowest BCUT2D eigenvalue weighted by molar-refractivity contribution is 0.0992. The van der Waals surface area contributed by atoms with Crippen LogP contribution in [-0.2, 0) is 13.2 Å². The lowest BCUT2D eigenvalue weighted by Gasteiger charge is -2.34. The summed E-state index contributed by atoms with van der Waals surface area (Å²) in [5, 5.41) is 4.96. The van der Waals surface area contributed by atoms with Crippen LogP contribution >= 0.6 is 12.2 Å². The van der Waals surface area contributed by atoms with Crippen LogP contribution in [0, 0.1) is 10.7 Å². The summed E-state index contributed by atoms with van der Waals surface area (Å²) >= 11 is 5.85. The molecule has 0 spiro atoms. The minimum Gasteiger partial charge on any atom is -0.301 e. The molecule has 1 aromatic heterocycles. The Morgan fingerprint density at radius 2 is 1.71 bits per heavy atom. The smallest absolute Gasteiger partial charge is 0.199 e. The van der Waals surface area contributed by atoms with Crippen LogP contribution in [0.15, 0.2) is 30.3 Å². The molecule has 0 radical (unpaired) electrons. The molecule has 0 unspecified atom stereocenters. The number of aromatic nitrogens is 3. The topological polar surface area (TPSA) is 29.2 Å². The van der Waals surface area contributed by atoms with Gasteiger partial charge in [-0.15, -0.1) is 0 Å². The van der Waals surface area contributed by atoms with Crippen LogP contribution in [0.2, 0.25) is 0 Å². The van der Waals surface area contributed by atoms with Gasteiger partial charge in [0.05, 0.1) is 13.2 Å². The van der Waals surface area contributed by atoms with Crippen molar-refractivity contribution in [2.75, 3.05) is 32.7 Å². The molecule has 1 aliphatic carbocycles. The van der Waals surface area contributed by atoms with E-state index in [0.717, 1.165) is 50.1 Å². The molecule has 152 valence electrons. The maximum absolute atomic E-state index is 5.85. The van der Waals surface area contributed by atoms with E-state index in [0.29, 0.717) is 5.92 Å². The summed E-state index contributed by atoms with van der Waals surface area (Å²) < 4.78 is 5.20. The van der Waals surface area contributed by atoms with Crippen molar-refractivity contribution in [1.29, 1.82) is 0 Å². The first-order chi connectivity index (χ1) is 13.6. The predicted octanol–water partition coefficient (Wildman–Crippen LogP) is 3.96. The molecule has 0 amide bonds. The van der Waals surface area contributed by atoms with Crippen LogP contribution < -0.4 is 0 Å². The first-order valence-corrected chi connectivity index (χ1v) is 11.2. The average Bonchev–Trinajstić information content (AvgIpc) is 3.50. The highest BCUT2D eigenvalue weighted by molar-refractivity contribution is 7.71. The number of hydrogen-bond donors (Lipinski definition) is 0. The van der Waals surface area contributed by atoms with Gasteiger partial charge in [0.1, 0.15) is 5.82 Å². The van der Waals surface area contributed by atoms with Gasteiger partial charge in [0.2, 0.25) is 0 Å². The molecule has 5 nitrogen and oxygen atoms in total. The van der Waals surface area contributed by atoms with Gasteiger partial charge in [-0.2, -0.15) is 5.10 Å². The average molecular weight is 400 g/mol. The standard InChI is InChI=1S/C22H33N5S/c1-18(2)10-11-24-12-14-25(15-13-24)17-27-22(28)26(21(23-27)20-8-9-20)16-19-6-4-3-5-7-19/h3-7,18,20H,8-17H2,1-2H3. The highest BCUT2D eigenvalue weighted by Gasteiger charge is 2.30. The van der Waals surface area contributed by atoms with E-state index in [4.69, 9.17) is 17.3 Å². The Kier molecular flexibility index (Phi) is 6.28. The monoisotopic (exact) mass is 399 g/mol. The van der Waals surface area contributed by atoms with Gasteiger partial charge >= 0.3 is 0 Å². The van der Waals surface area contributed by atoms with Crippen molar-refractivity contribution in [1.82, 2.24) is 24.1 Å². The maximum atomic E-state index is 5.85. The van der Waals surface area contributed by atoms with Crippen LogP contribution in [-0.4, -0.2) is 56.9 Å². The quantitative estimate of drug-likeness (QED) is 0.629. The first-order valence-electron chi connectivity index (χ1n) is 10.8.